The van der Waals surface area contributed by atoms with Gasteiger partial charge in [-0.25, -0.2) is 15.2 Å². The average Bonchev–Trinajstić information content (AvgIpc) is 2.90. The van der Waals surface area contributed by atoms with E-state index in [-0.39, 0.29) is 18.1 Å². The highest BCUT2D eigenvalue weighted by molar-refractivity contribution is 7.99. The first kappa shape index (κ1) is 23.6. The number of nitro benzene ring substituents is 1. The lowest BCUT2D eigenvalue weighted by Gasteiger charge is -2.43. The Morgan fingerprint density at radius 3 is 2.14 bits per heavy atom. The molecule has 4 amide bonds. The number of anilines is 2. The van der Waals surface area contributed by atoms with E-state index in [1.807, 2.05) is 48.5 Å². The molecule has 10 nitrogen and oxygen atoms in total. The molecule has 0 radical (unpaired) electrons. The second-order valence-corrected chi connectivity index (χ2v) is 9.52. The second kappa shape index (κ2) is 9.51. The lowest BCUT2D eigenvalue weighted by atomic mass is 9.95. The Labute approximate surface area is 214 Å². The van der Waals surface area contributed by atoms with E-state index in [1.165, 1.54) is 24.3 Å². The van der Waals surface area contributed by atoms with E-state index >= 15 is 0 Å². The number of halogens is 1. The lowest BCUT2D eigenvalue weighted by molar-refractivity contribution is -0.384. The van der Waals surface area contributed by atoms with Crippen molar-refractivity contribution in [2.45, 2.75) is 21.2 Å². The fourth-order valence-electron chi connectivity index (χ4n) is 4.05. The van der Waals surface area contributed by atoms with E-state index in [1.54, 1.807) is 16.7 Å². The zero-order valence-electron chi connectivity index (χ0n) is 18.5. The molecular formula is C24H18ClN5O5S. The fourth-order valence-corrected chi connectivity index (χ4v) is 5.47. The number of alkyl halides is 1. The third kappa shape index (κ3) is 4.23. The topological polar surface area (TPSA) is 125 Å². The molecule has 0 saturated carbocycles. The Kier molecular flexibility index (Phi) is 6.25. The van der Waals surface area contributed by atoms with E-state index in [2.05, 4.69) is 10.7 Å². The molecule has 2 aliphatic heterocycles. The Balaban J connectivity index is 1.26. The van der Waals surface area contributed by atoms with Crippen molar-refractivity contribution in [2.24, 2.45) is 0 Å². The number of para-hydroxylation sites is 2. The van der Waals surface area contributed by atoms with Crippen molar-refractivity contribution < 1.29 is 19.3 Å². The number of β-lactam (4-membered cyclic amide) rings is 1. The van der Waals surface area contributed by atoms with Crippen LogP contribution in [-0.4, -0.2) is 39.7 Å². The molecule has 3 aromatic rings. The number of carbonyl (C=O) groups is 3. The van der Waals surface area contributed by atoms with Crippen LogP contribution < -0.4 is 15.6 Å². The van der Waals surface area contributed by atoms with Gasteiger partial charge in [0.05, 0.1) is 22.8 Å². The first-order chi connectivity index (χ1) is 17.3. The maximum absolute atomic E-state index is 13.2. The Morgan fingerprint density at radius 1 is 0.972 bits per heavy atom. The smallest absolute Gasteiger partial charge is 0.328 e. The number of benzene rings is 3. The monoisotopic (exact) mass is 523 g/mol. The summed E-state index contributed by atoms with van der Waals surface area (Å²) in [5.74, 6) is -0.889. The number of hydrogen-bond acceptors (Lipinski definition) is 6. The number of rotatable bonds is 5. The number of hydrazine groups is 1. The third-order valence-corrected chi connectivity index (χ3v) is 7.33. The van der Waals surface area contributed by atoms with Crippen molar-refractivity contribution in [3.05, 3.63) is 88.5 Å². The van der Waals surface area contributed by atoms with Crippen molar-refractivity contribution in [2.75, 3.05) is 11.4 Å². The molecule has 1 saturated heterocycles. The molecule has 0 bridgehead atoms. The van der Waals surface area contributed by atoms with Gasteiger partial charge in [-0.1, -0.05) is 36.0 Å². The van der Waals surface area contributed by atoms with Gasteiger partial charge < -0.3 is 5.32 Å². The summed E-state index contributed by atoms with van der Waals surface area (Å²) in [6.07, 6.45) is 0. The Bertz CT molecular complexity index is 1340. The first-order valence-electron chi connectivity index (χ1n) is 10.8. The van der Waals surface area contributed by atoms with Crippen LogP contribution in [0.1, 0.15) is 11.6 Å². The number of non-ortho nitro benzene ring substituents is 1. The molecule has 12 heteroatoms. The highest BCUT2D eigenvalue weighted by Gasteiger charge is 2.48. The lowest BCUT2D eigenvalue weighted by Crippen LogP contribution is -2.64. The summed E-state index contributed by atoms with van der Waals surface area (Å²) < 4.78 is 0. The molecule has 0 aromatic heterocycles. The van der Waals surface area contributed by atoms with Crippen LogP contribution in [0.2, 0.25) is 0 Å². The van der Waals surface area contributed by atoms with Crippen molar-refractivity contribution >= 4 is 58.3 Å². The van der Waals surface area contributed by atoms with Crippen LogP contribution in [0.15, 0.2) is 82.6 Å². The number of nitrogens with one attached hydrogen (secondary N) is 2. The van der Waals surface area contributed by atoms with Gasteiger partial charge in [-0.15, -0.1) is 11.6 Å². The molecule has 182 valence electrons. The Hall–Kier alpha value is -4.09. The molecule has 0 aliphatic carbocycles. The van der Waals surface area contributed by atoms with Gasteiger partial charge in [0, 0.05) is 21.9 Å². The van der Waals surface area contributed by atoms with Gasteiger partial charge in [-0.3, -0.25) is 24.6 Å². The fraction of sp³-hybridized carbons (Fsp3) is 0.125. The highest BCUT2D eigenvalue weighted by atomic mass is 35.5. The number of carbonyl (C=O) groups excluding carboxylic acids is 3. The van der Waals surface area contributed by atoms with Gasteiger partial charge in [0.15, 0.2) is 0 Å². The second-order valence-electron chi connectivity index (χ2n) is 7.96. The van der Waals surface area contributed by atoms with Crippen molar-refractivity contribution in [3.63, 3.8) is 0 Å². The van der Waals surface area contributed by atoms with Crippen LogP contribution in [0.5, 0.6) is 0 Å². The van der Waals surface area contributed by atoms with Crippen molar-refractivity contribution in [1.82, 2.24) is 15.8 Å². The molecule has 2 atom stereocenters. The zero-order valence-corrected chi connectivity index (χ0v) is 20.0. The number of urea groups is 1. The summed E-state index contributed by atoms with van der Waals surface area (Å²) in [4.78, 5) is 51.8. The summed E-state index contributed by atoms with van der Waals surface area (Å²) in [6, 6.07) is 19.1. The van der Waals surface area contributed by atoms with E-state index in [0.717, 1.165) is 26.2 Å². The van der Waals surface area contributed by atoms with Crippen molar-refractivity contribution in [1.29, 1.82) is 0 Å². The number of amides is 4. The molecule has 3 aromatic carbocycles. The summed E-state index contributed by atoms with van der Waals surface area (Å²) in [5, 5.41) is 13.5. The average molecular weight is 524 g/mol. The van der Waals surface area contributed by atoms with Gasteiger partial charge in [0.25, 0.3) is 17.5 Å². The maximum atomic E-state index is 13.2. The minimum atomic E-state index is -0.938. The van der Waals surface area contributed by atoms with Gasteiger partial charge in [0.2, 0.25) is 0 Å². The highest BCUT2D eigenvalue weighted by Crippen LogP contribution is 2.47. The van der Waals surface area contributed by atoms with Crippen LogP contribution in [0.25, 0.3) is 0 Å². The normalized spacial score (nSPS) is 18.0. The number of hydrogen-bond donors (Lipinski definition) is 2. The molecule has 2 heterocycles. The van der Waals surface area contributed by atoms with Crippen LogP contribution in [0, 0.1) is 10.1 Å². The minimum absolute atomic E-state index is 0.106. The molecule has 1 fully saturated rings. The minimum Gasteiger partial charge on any atom is -0.328 e. The molecule has 2 aliphatic rings. The van der Waals surface area contributed by atoms with Gasteiger partial charge in [-0.2, -0.15) is 0 Å². The van der Waals surface area contributed by atoms with Gasteiger partial charge in [0.1, 0.15) is 11.4 Å². The van der Waals surface area contributed by atoms with E-state index in [0.29, 0.717) is 5.56 Å². The van der Waals surface area contributed by atoms with Crippen LogP contribution in [-0.2, 0) is 9.59 Å². The third-order valence-electron chi connectivity index (χ3n) is 5.78. The predicted molar refractivity (Wildman–Crippen MR) is 133 cm³/mol. The SMILES string of the molecule is O=C(NCC(=O)N1c2ccccc2Sc2ccccc21)NN1C(=O)C(Cl)C1c1ccc([N+](=O)[O-])cc1. The largest absolute Gasteiger partial charge is 0.334 e. The van der Waals surface area contributed by atoms with Gasteiger partial charge >= 0.3 is 6.03 Å². The number of fused-ring (bicyclic) bond motifs is 2. The van der Waals surface area contributed by atoms with Gasteiger partial charge in [-0.05, 0) is 42.0 Å². The molecule has 2 unspecified atom stereocenters. The van der Waals surface area contributed by atoms with Crippen molar-refractivity contribution in [3.8, 4) is 0 Å². The van der Waals surface area contributed by atoms with E-state index in [4.69, 9.17) is 11.6 Å². The predicted octanol–water partition coefficient (Wildman–Crippen LogP) is 4.13. The molecule has 2 N–H and O–H groups in total. The summed E-state index contributed by atoms with van der Waals surface area (Å²) in [5.41, 5.74) is 4.27. The van der Waals surface area contributed by atoms with Crippen LogP contribution in [0.4, 0.5) is 21.9 Å². The van der Waals surface area contributed by atoms with Crippen LogP contribution in [0.3, 0.4) is 0 Å². The van der Waals surface area contributed by atoms with E-state index < -0.39 is 28.3 Å². The van der Waals surface area contributed by atoms with Crippen LogP contribution >= 0.6 is 23.4 Å². The zero-order chi connectivity index (χ0) is 25.4. The number of nitrogens with zero attached hydrogens (tertiary/aromatic N) is 3. The first-order valence-corrected chi connectivity index (χ1v) is 12.1. The maximum Gasteiger partial charge on any atom is 0.334 e. The van der Waals surface area contributed by atoms with E-state index in [9.17, 15) is 24.5 Å². The molecule has 0 spiro atoms. The standard InChI is InChI=1S/C24H18ClN5O5S/c25-21-22(14-9-11-15(12-10-14)30(34)35)29(23(21)32)27-24(33)26-13-20(31)28-16-5-1-3-7-18(16)36-19-8-4-2-6-17(19)28/h1-12,21-22H,13H2,(H2,26,27,33). The summed E-state index contributed by atoms with van der Waals surface area (Å²) in [6.45, 7) is -0.326. The molecular weight excluding hydrogens is 506 g/mol. The molecule has 36 heavy (non-hydrogen) atoms. The number of nitro groups is 1. The quantitative estimate of drug-likeness (QED) is 0.224. The molecule has 5 rings (SSSR count). The summed E-state index contributed by atoms with van der Waals surface area (Å²) >= 11 is 7.71. The Morgan fingerprint density at radius 2 is 1.56 bits per heavy atom. The summed E-state index contributed by atoms with van der Waals surface area (Å²) in [7, 11) is 0.